The van der Waals surface area contributed by atoms with Crippen molar-refractivity contribution in [2.75, 3.05) is 6.61 Å². The van der Waals surface area contributed by atoms with Crippen molar-refractivity contribution in [3.05, 3.63) is 65.7 Å². The third kappa shape index (κ3) is 8.81. The lowest BCUT2D eigenvalue weighted by Gasteiger charge is -2.09. The minimum atomic E-state index is -0.562. The summed E-state index contributed by atoms with van der Waals surface area (Å²) in [4.78, 5) is 24.9. The lowest BCUT2D eigenvalue weighted by molar-refractivity contribution is 0.0489. The zero-order valence-corrected chi connectivity index (χ0v) is 18.1. The Labute approximate surface area is 180 Å². The van der Waals surface area contributed by atoms with Gasteiger partial charge in [-0.1, -0.05) is 95.0 Å². The molecule has 0 heterocycles. The van der Waals surface area contributed by atoms with Crippen molar-refractivity contribution in [2.24, 2.45) is 0 Å². The fraction of sp³-hybridized carbons (Fsp3) is 0.462. The molecule has 0 atom stereocenters. The largest absolute Gasteiger partial charge is 0.462 e. The van der Waals surface area contributed by atoms with Gasteiger partial charge in [-0.2, -0.15) is 0 Å². The van der Waals surface area contributed by atoms with Crippen LogP contribution in [0.2, 0.25) is 0 Å². The first kappa shape index (κ1) is 23.7. The number of para-hydroxylation sites is 1. The Hall–Kier alpha value is -2.62. The van der Waals surface area contributed by atoms with Crippen LogP contribution in [0.5, 0.6) is 5.75 Å². The highest BCUT2D eigenvalue weighted by Crippen LogP contribution is 2.16. The fourth-order valence-electron chi connectivity index (χ4n) is 3.32. The van der Waals surface area contributed by atoms with Gasteiger partial charge in [-0.05, 0) is 30.7 Å². The molecule has 0 unspecified atom stereocenters. The van der Waals surface area contributed by atoms with Gasteiger partial charge >= 0.3 is 11.9 Å². The number of hydrogen-bond acceptors (Lipinski definition) is 4. The van der Waals surface area contributed by atoms with Crippen LogP contribution in [0.1, 0.15) is 91.8 Å². The Kier molecular flexibility index (Phi) is 11.3. The zero-order chi connectivity index (χ0) is 21.4. The molecular formula is C26H34O4. The first-order valence-electron chi connectivity index (χ1n) is 11.3. The van der Waals surface area contributed by atoms with Crippen LogP contribution in [0, 0.1) is 0 Å². The molecule has 0 saturated carbocycles. The topological polar surface area (TPSA) is 52.6 Å². The van der Waals surface area contributed by atoms with Crippen molar-refractivity contribution < 1.29 is 19.1 Å². The highest BCUT2D eigenvalue weighted by atomic mass is 16.5. The van der Waals surface area contributed by atoms with Crippen molar-refractivity contribution in [1.82, 2.24) is 0 Å². The summed E-state index contributed by atoms with van der Waals surface area (Å²) in [5, 5.41) is 0. The fourth-order valence-corrected chi connectivity index (χ4v) is 3.32. The molecule has 162 valence electrons. The van der Waals surface area contributed by atoms with E-state index in [1.807, 2.05) is 6.07 Å². The third-order valence-corrected chi connectivity index (χ3v) is 5.05. The third-order valence-electron chi connectivity index (χ3n) is 5.05. The Bertz CT molecular complexity index is 755. The molecule has 0 aliphatic rings. The van der Waals surface area contributed by atoms with E-state index in [0.29, 0.717) is 12.4 Å². The Morgan fingerprint density at radius 1 is 0.633 bits per heavy atom. The highest BCUT2D eigenvalue weighted by molar-refractivity contribution is 6.03. The number of carbonyl (C=O) groups excluding carboxylic acids is 2. The van der Waals surface area contributed by atoms with Crippen molar-refractivity contribution >= 4 is 11.9 Å². The van der Waals surface area contributed by atoms with Gasteiger partial charge in [0, 0.05) is 0 Å². The maximum absolute atomic E-state index is 12.5. The normalized spacial score (nSPS) is 10.6. The quantitative estimate of drug-likeness (QED) is 0.191. The van der Waals surface area contributed by atoms with E-state index in [2.05, 4.69) is 6.92 Å². The van der Waals surface area contributed by atoms with Crippen LogP contribution in [0.4, 0.5) is 0 Å². The maximum Gasteiger partial charge on any atom is 0.344 e. The number of ether oxygens (including phenoxy) is 2. The summed E-state index contributed by atoms with van der Waals surface area (Å²) in [7, 11) is 0. The van der Waals surface area contributed by atoms with E-state index in [-0.39, 0.29) is 11.1 Å². The number of rotatable bonds is 14. The number of benzene rings is 2. The Morgan fingerprint density at radius 2 is 1.13 bits per heavy atom. The number of carbonyl (C=O) groups is 2. The molecule has 0 radical (unpaired) electrons. The summed E-state index contributed by atoms with van der Waals surface area (Å²) in [6, 6.07) is 15.4. The molecule has 0 N–H and O–H groups in total. The van der Waals surface area contributed by atoms with E-state index >= 15 is 0 Å². The lowest BCUT2D eigenvalue weighted by atomic mass is 10.1. The van der Waals surface area contributed by atoms with Crippen molar-refractivity contribution in [2.45, 2.75) is 71.1 Å². The molecule has 2 aromatic rings. The molecule has 30 heavy (non-hydrogen) atoms. The van der Waals surface area contributed by atoms with Gasteiger partial charge in [-0.25, -0.2) is 9.59 Å². The molecule has 0 aliphatic heterocycles. The number of unbranched alkanes of at least 4 members (excludes halogenated alkanes) is 9. The van der Waals surface area contributed by atoms with Crippen LogP contribution in [0.25, 0.3) is 0 Å². The van der Waals surface area contributed by atoms with Gasteiger partial charge in [0.2, 0.25) is 0 Å². The zero-order valence-electron chi connectivity index (χ0n) is 18.1. The molecule has 4 heteroatoms. The molecule has 0 amide bonds. The smallest absolute Gasteiger partial charge is 0.344 e. The first-order valence-corrected chi connectivity index (χ1v) is 11.3. The molecule has 0 aliphatic carbocycles. The summed E-state index contributed by atoms with van der Waals surface area (Å²) in [6.07, 6.45) is 12.3. The van der Waals surface area contributed by atoms with Gasteiger partial charge < -0.3 is 9.47 Å². The van der Waals surface area contributed by atoms with E-state index in [4.69, 9.17) is 9.47 Å². The molecule has 2 aromatic carbocycles. The van der Waals surface area contributed by atoms with Crippen LogP contribution >= 0.6 is 0 Å². The summed E-state index contributed by atoms with van der Waals surface area (Å²) in [6.45, 7) is 2.61. The van der Waals surface area contributed by atoms with Crippen molar-refractivity contribution in [3.63, 3.8) is 0 Å². The minimum Gasteiger partial charge on any atom is -0.462 e. The van der Waals surface area contributed by atoms with Gasteiger partial charge in [-0.3, -0.25) is 0 Å². The molecule has 0 fully saturated rings. The Morgan fingerprint density at radius 3 is 1.73 bits per heavy atom. The summed E-state index contributed by atoms with van der Waals surface area (Å²) in [5.41, 5.74) is 0.458. The SMILES string of the molecule is CCCCCCCCCCCCOC(=O)c1ccccc1C(=O)Oc1ccccc1. The van der Waals surface area contributed by atoms with Gasteiger partial charge in [-0.15, -0.1) is 0 Å². The molecule has 0 aromatic heterocycles. The van der Waals surface area contributed by atoms with E-state index in [1.54, 1.807) is 48.5 Å². The van der Waals surface area contributed by atoms with Gasteiger partial charge in [0.05, 0.1) is 17.7 Å². The van der Waals surface area contributed by atoms with Crippen molar-refractivity contribution in [1.29, 1.82) is 0 Å². The summed E-state index contributed by atoms with van der Waals surface area (Å²) >= 11 is 0. The van der Waals surface area contributed by atoms with Crippen LogP contribution in [0.15, 0.2) is 54.6 Å². The molecule has 0 bridgehead atoms. The number of esters is 2. The second kappa shape index (κ2) is 14.4. The molecule has 0 spiro atoms. The first-order chi connectivity index (χ1) is 14.7. The average Bonchev–Trinajstić information content (AvgIpc) is 2.78. The van der Waals surface area contributed by atoms with E-state index in [0.717, 1.165) is 12.8 Å². The van der Waals surface area contributed by atoms with Gasteiger partial charge in [0.15, 0.2) is 0 Å². The van der Waals surface area contributed by atoms with Gasteiger partial charge in [0.25, 0.3) is 0 Å². The highest BCUT2D eigenvalue weighted by Gasteiger charge is 2.19. The minimum absolute atomic E-state index is 0.217. The van der Waals surface area contributed by atoms with E-state index in [1.165, 1.54) is 51.4 Å². The van der Waals surface area contributed by atoms with Crippen LogP contribution in [-0.2, 0) is 4.74 Å². The standard InChI is InChI=1S/C26H34O4/c1-2-3-4-5-6-7-8-9-10-16-21-29-25(27)23-19-14-15-20-24(23)26(28)30-22-17-12-11-13-18-22/h11-15,17-20H,2-10,16,21H2,1H3. The van der Waals surface area contributed by atoms with Crippen LogP contribution in [0.3, 0.4) is 0 Å². The molecule has 4 nitrogen and oxygen atoms in total. The molecule has 2 rings (SSSR count). The molecule has 0 saturated heterocycles. The Balaban J connectivity index is 1.69. The average molecular weight is 411 g/mol. The van der Waals surface area contributed by atoms with Crippen LogP contribution < -0.4 is 4.74 Å². The summed E-state index contributed by atoms with van der Waals surface area (Å²) < 4.78 is 10.8. The second-order valence-electron chi connectivity index (χ2n) is 7.57. The monoisotopic (exact) mass is 410 g/mol. The predicted molar refractivity (Wildman–Crippen MR) is 120 cm³/mol. The summed E-state index contributed by atoms with van der Waals surface area (Å²) in [5.74, 6) is -0.602. The number of hydrogen-bond donors (Lipinski definition) is 0. The second-order valence-corrected chi connectivity index (χ2v) is 7.57. The van der Waals surface area contributed by atoms with E-state index in [9.17, 15) is 9.59 Å². The van der Waals surface area contributed by atoms with Gasteiger partial charge in [0.1, 0.15) is 5.75 Å². The van der Waals surface area contributed by atoms with Crippen LogP contribution in [-0.4, -0.2) is 18.5 Å². The predicted octanol–water partition coefficient (Wildman–Crippen LogP) is 6.98. The molecular weight excluding hydrogens is 376 g/mol. The van der Waals surface area contributed by atoms with Crippen molar-refractivity contribution in [3.8, 4) is 5.75 Å². The maximum atomic E-state index is 12.5. The van der Waals surface area contributed by atoms with E-state index < -0.39 is 11.9 Å². The lowest BCUT2D eigenvalue weighted by Crippen LogP contribution is -2.16.